The van der Waals surface area contributed by atoms with Gasteiger partial charge in [0.1, 0.15) is 46.0 Å². The lowest BCUT2D eigenvalue weighted by Gasteiger charge is -2.34. The van der Waals surface area contributed by atoms with Gasteiger partial charge in [-0.2, -0.15) is 33.7 Å². The van der Waals surface area contributed by atoms with Gasteiger partial charge in [0.05, 0.1) is 53.2 Å². The molecule has 2 heterocycles. The second-order valence-corrected chi connectivity index (χ2v) is 37.9. The molecule has 0 bridgehead atoms. The third-order valence-corrected chi connectivity index (χ3v) is 27.7. The van der Waals surface area contributed by atoms with E-state index in [4.69, 9.17) is 18.9 Å². The van der Waals surface area contributed by atoms with Gasteiger partial charge in [-0.1, -0.05) is 117 Å². The van der Waals surface area contributed by atoms with Crippen LogP contribution in [0.25, 0.3) is 43.1 Å². The van der Waals surface area contributed by atoms with Crippen molar-refractivity contribution in [3.8, 4) is 46.0 Å². The summed E-state index contributed by atoms with van der Waals surface area (Å²) in [4.78, 5) is 69.7. The topological polar surface area (TPSA) is 329 Å². The van der Waals surface area contributed by atoms with Gasteiger partial charge >= 0.3 is 0 Å². The number of nitrogens with zero attached hydrogens (tertiary/aromatic N) is 2. The van der Waals surface area contributed by atoms with Crippen LogP contribution in [0.2, 0.25) is 0 Å². The van der Waals surface area contributed by atoms with Gasteiger partial charge in [0.2, 0.25) is 0 Å². The van der Waals surface area contributed by atoms with Crippen molar-refractivity contribution in [1.29, 1.82) is 0 Å². The Morgan fingerprint density at radius 3 is 0.684 bits per heavy atom. The third-order valence-electron chi connectivity index (χ3n) is 19.7. The van der Waals surface area contributed by atoms with E-state index in [2.05, 4.69) is 27.7 Å². The number of carbonyl (C=O) groups is 4. The smallest absolute Gasteiger partial charge is 0.294 e. The summed E-state index contributed by atoms with van der Waals surface area (Å²) in [5, 5.41) is -0.299. The number of thioether (sulfide) groups is 4. The predicted molar refractivity (Wildman–Crippen MR) is 448 cm³/mol. The fourth-order valence-corrected chi connectivity index (χ4v) is 20.6. The number of carbonyl (C=O) groups excluding carboxylic acids is 4. The number of amides is 4. The first-order valence-electron chi connectivity index (χ1n) is 37.6. The van der Waals surface area contributed by atoms with Crippen molar-refractivity contribution in [1.82, 2.24) is 0 Å². The number of fused-ring (bicyclic) bond motifs is 2. The molecule has 22 nitrogen and oxygen atoms in total. The van der Waals surface area contributed by atoms with Gasteiger partial charge in [-0.05, 0) is 194 Å². The van der Waals surface area contributed by atoms with Gasteiger partial charge in [0.25, 0.3) is 64.1 Å². The van der Waals surface area contributed by atoms with Crippen molar-refractivity contribution in [2.45, 2.75) is 170 Å². The average Bonchev–Trinajstić information content (AvgIpc) is 0.669. The molecule has 596 valence electrons. The van der Waals surface area contributed by atoms with Crippen LogP contribution in [-0.4, -0.2) is 98.5 Å². The molecule has 4 N–H and O–H groups in total. The number of hydrogen-bond acceptors (Lipinski definition) is 20. The molecular formula is C84H82N2O20S8. The summed E-state index contributed by atoms with van der Waals surface area (Å²) in [6.45, 7) is 8.43. The van der Waals surface area contributed by atoms with Gasteiger partial charge in [-0.25, -0.2) is 9.80 Å². The molecule has 0 spiro atoms. The van der Waals surface area contributed by atoms with E-state index in [1.54, 1.807) is 0 Å². The zero-order valence-corrected chi connectivity index (χ0v) is 69.2. The first kappa shape index (κ1) is 83.2. The van der Waals surface area contributed by atoms with Crippen LogP contribution in [-0.2, 0) is 40.5 Å². The van der Waals surface area contributed by atoms with Crippen LogP contribution in [0.3, 0.4) is 0 Å². The maximum Gasteiger partial charge on any atom is 0.294 e. The van der Waals surface area contributed by atoms with E-state index in [-0.39, 0.29) is 111 Å². The van der Waals surface area contributed by atoms with Crippen LogP contribution in [0.4, 0.5) is 11.4 Å². The van der Waals surface area contributed by atoms with Crippen molar-refractivity contribution in [3.63, 3.8) is 0 Å². The Kier molecular flexibility index (Phi) is 25.8. The fourth-order valence-electron chi connectivity index (χ4n) is 14.2. The minimum atomic E-state index is -4.82. The monoisotopic (exact) mass is 1690 g/mol. The van der Waals surface area contributed by atoms with E-state index in [1.165, 1.54) is 120 Å². The van der Waals surface area contributed by atoms with E-state index in [9.17, 15) is 51.9 Å². The number of imide groups is 2. The number of anilines is 2. The van der Waals surface area contributed by atoms with E-state index >= 15 is 19.2 Å². The van der Waals surface area contributed by atoms with Crippen molar-refractivity contribution < 1.29 is 90.0 Å². The normalized spacial score (nSPS) is 13.4. The molecule has 11 aromatic rings. The predicted octanol–water partition coefficient (Wildman–Crippen LogP) is 22.2. The Morgan fingerprint density at radius 1 is 0.281 bits per heavy atom. The summed E-state index contributed by atoms with van der Waals surface area (Å²) in [6, 6.07) is 35.4. The quantitative estimate of drug-likeness (QED) is 0.00697. The highest BCUT2D eigenvalue weighted by molar-refractivity contribution is 8.00. The standard InChI is InChI=1S/C84H82N2O20S8/c1-5-9-13-17-43-107-67-23-21-24-68(108-44-18-14-10-6-2)79(67)85-81(87)59-47-63(103-51-27-35-55(36-28-51)111(91,92)93)73-75-65(105-53-31-39-57(40-32-53)113(97,98)99)49-61-72-62(84(90)86(83(61)89)80-69(109-45-19-15-11-7-3)25-22-26-70(80)110-46-20-16-12-8-4)50-66(106-54-33-41-58(42-34-54)114(100,101)102)76(78(72)75)74-64(48-60(82(85)88)71(59)77(73)74)104-52-29-37-56(38-30-52)112(94,95)96/h21-42,47-50H,5-20,43-46H2,1-4H3,(H,91,92,93)(H,94,95,96)(H,97,98,99)(H,100,101,102). The van der Waals surface area contributed by atoms with Gasteiger partial charge in [-0.3, -0.25) is 37.4 Å². The fraction of sp³-hybridized carbons (Fsp3) is 0.286. The van der Waals surface area contributed by atoms with Crippen molar-refractivity contribution in [2.75, 3.05) is 32.8 Å². The number of para-hydroxylation sites is 2. The first-order chi connectivity index (χ1) is 54.6. The largest absolute Gasteiger partial charge is 0.457 e. The van der Waals surface area contributed by atoms with E-state index in [0.717, 1.165) is 161 Å². The molecule has 2 aliphatic rings. The Bertz CT molecular complexity index is 5310. The van der Waals surface area contributed by atoms with Crippen LogP contribution >= 0.6 is 47.0 Å². The van der Waals surface area contributed by atoms with Crippen LogP contribution in [0.1, 0.15) is 172 Å². The second-order valence-electron chi connectivity index (χ2n) is 27.6. The molecule has 0 atom stereocenters. The molecule has 0 fully saturated rings. The number of unbranched alkanes of at least 4 members (excludes halogenated alkanes) is 12. The molecule has 13 rings (SSSR count). The molecular weight excluding hydrogens is 1610 g/mol. The molecule has 0 saturated carbocycles. The Hall–Kier alpha value is -8.76. The summed E-state index contributed by atoms with van der Waals surface area (Å²) in [5.74, 6) is -2.20. The molecule has 0 aromatic heterocycles. The molecule has 2 aliphatic heterocycles. The Labute approximate surface area is 678 Å². The molecule has 0 unspecified atom stereocenters. The van der Waals surface area contributed by atoms with Gasteiger partial charge in [0, 0.05) is 62.7 Å². The van der Waals surface area contributed by atoms with Crippen molar-refractivity contribution in [2.24, 2.45) is 0 Å². The maximum atomic E-state index is 16.8. The van der Waals surface area contributed by atoms with E-state index < -0.39 is 83.7 Å². The molecule has 0 radical (unpaired) electrons. The number of hydrogen-bond donors (Lipinski definition) is 4. The SMILES string of the molecule is CCCCCCSc1cccc(SCCCCCC)c1N1C(=O)c2cc(Oc3ccc(S(=O)(=O)O)cc3)c3c4c(Oc5ccc(S(=O)(=O)O)cc5)cc5c6c(cc(Oc7ccc(S(=O)(=O)O)cc7)c(c7c(Oc8ccc(S(=O)(=O)O)cc8)cc(c2c37)C1=O)c64)C(=O)N(c1c(SCCCCCC)cccc1SCCCCCC)C5=O. The third kappa shape index (κ3) is 17.7. The minimum Gasteiger partial charge on any atom is -0.457 e. The van der Waals surface area contributed by atoms with Gasteiger partial charge in [0.15, 0.2) is 0 Å². The lowest BCUT2D eigenvalue weighted by molar-refractivity contribution is 0.0876. The highest BCUT2D eigenvalue weighted by Gasteiger charge is 2.44. The summed E-state index contributed by atoms with van der Waals surface area (Å²) in [7, 11) is -19.3. The van der Waals surface area contributed by atoms with Crippen molar-refractivity contribution >= 4 is 166 Å². The van der Waals surface area contributed by atoms with Crippen LogP contribution in [0.15, 0.2) is 197 Å². The summed E-state index contributed by atoms with van der Waals surface area (Å²) < 4.78 is 171. The minimum absolute atomic E-state index is 0.0272. The maximum absolute atomic E-state index is 16.8. The lowest BCUT2D eigenvalue weighted by Crippen LogP contribution is -2.41. The first-order valence-corrected chi connectivity index (χ1v) is 47.3. The molecule has 0 aliphatic carbocycles. The van der Waals surface area contributed by atoms with Crippen LogP contribution in [0.5, 0.6) is 46.0 Å². The number of rotatable bonds is 38. The number of benzene rings is 11. The molecule has 30 heteroatoms. The Balaban J connectivity index is 1.20. The van der Waals surface area contributed by atoms with Gasteiger partial charge < -0.3 is 18.9 Å². The van der Waals surface area contributed by atoms with E-state index in [1.807, 2.05) is 36.4 Å². The van der Waals surface area contributed by atoms with Crippen molar-refractivity contribution in [3.05, 3.63) is 180 Å². The Morgan fingerprint density at radius 2 is 0.491 bits per heavy atom. The molecule has 11 aromatic carbocycles. The summed E-state index contributed by atoms with van der Waals surface area (Å²) in [5.41, 5.74) is -0.0109. The molecule has 114 heavy (non-hydrogen) atoms. The van der Waals surface area contributed by atoms with E-state index in [0.29, 0.717) is 54.0 Å². The molecule has 4 amide bonds. The second kappa shape index (κ2) is 35.4. The number of ether oxygens (including phenoxy) is 4. The highest BCUT2D eigenvalue weighted by Crippen LogP contribution is 2.59. The zero-order valence-electron chi connectivity index (χ0n) is 62.6. The van der Waals surface area contributed by atoms with Crippen LogP contribution in [0, 0.1) is 0 Å². The molecule has 0 saturated heterocycles. The zero-order chi connectivity index (χ0) is 81.0. The summed E-state index contributed by atoms with van der Waals surface area (Å²) in [6.07, 6.45) is 14.8. The van der Waals surface area contributed by atoms with Gasteiger partial charge in [-0.15, -0.1) is 47.0 Å². The summed E-state index contributed by atoms with van der Waals surface area (Å²) >= 11 is 5.94. The average molecular weight is 1700 g/mol. The van der Waals surface area contributed by atoms with Crippen LogP contribution < -0.4 is 28.7 Å². The lowest BCUT2D eigenvalue weighted by atomic mass is 9.80. The highest BCUT2D eigenvalue weighted by atomic mass is 32.2.